The molecule has 0 spiro atoms. The maximum atomic E-state index is 11.0. The molecule has 1 aliphatic carbocycles. The van der Waals surface area contributed by atoms with Crippen LogP contribution < -0.4 is 5.73 Å². The van der Waals surface area contributed by atoms with Crippen LogP contribution in [0, 0.1) is 6.92 Å². The Balaban J connectivity index is 2.44. The first-order chi connectivity index (χ1) is 7.47. The van der Waals surface area contributed by atoms with Crippen LogP contribution in [-0.4, -0.2) is 17.1 Å². The first-order valence-electron chi connectivity index (χ1n) is 5.22. The van der Waals surface area contributed by atoms with Crippen molar-refractivity contribution in [3.05, 3.63) is 34.3 Å². The molecule has 0 amide bonds. The summed E-state index contributed by atoms with van der Waals surface area (Å²) in [7, 11) is 0. The van der Waals surface area contributed by atoms with Crippen molar-refractivity contribution in [2.75, 3.05) is 0 Å². The Morgan fingerprint density at radius 1 is 1.56 bits per heavy atom. The molecule has 1 fully saturated rings. The van der Waals surface area contributed by atoms with Crippen molar-refractivity contribution in [2.45, 2.75) is 31.2 Å². The normalized spacial score (nSPS) is 19.2. The van der Waals surface area contributed by atoms with Crippen LogP contribution >= 0.6 is 11.6 Å². The summed E-state index contributed by atoms with van der Waals surface area (Å²) in [6.45, 7) is 1.96. The van der Waals surface area contributed by atoms with Gasteiger partial charge in [-0.05, 0) is 31.4 Å². The Labute approximate surface area is 99.2 Å². The Morgan fingerprint density at radius 2 is 2.19 bits per heavy atom. The molecule has 1 unspecified atom stereocenters. The first-order valence-corrected chi connectivity index (χ1v) is 5.60. The summed E-state index contributed by atoms with van der Waals surface area (Å²) in [6.07, 6.45) is 1.59. The molecule has 1 aromatic rings. The Morgan fingerprint density at radius 3 is 2.69 bits per heavy atom. The van der Waals surface area contributed by atoms with Crippen molar-refractivity contribution < 1.29 is 9.90 Å². The minimum absolute atomic E-state index is 0.449. The van der Waals surface area contributed by atoms with Gasteiger partial charge in [-0.15, -0.1) is 0 Å². The minimum Gasteiger partial charge on any atom is -0.480 e. The number of hydrogen-bond donors (Lipinski definition) is 2. The van der Waals surface area contributed by atoms with Gasteiger partial charge in [-0.1, -0.05) is 29.3 Å². The van der Waals surface area contributed by atoms with E-state index in [1.807, 2.05) is 19.1 Å². The van der Waals surface area contributed by atoms with Crippen molar-refractivity contribution in [1.82, 2.24) is 0 Å². The molecule has 0 bridgehead atoms. The molecular formula is C12H14ClNO2. The molecule has 0 radical (unpaired) electrons. The summed E-state index contributed by atoms with van der Waals surface area (Å²) in [5.74, 6) is -0.963. The first kappa shape index (κ1) is 11.4. The van der Waals surface area contributed by atoms with Crippen LogP contribution in [0.2, 0.25) is 5.02 Å². The highest BCUT2D eigenvalue weighted by Gasteiger charge is 2.53. The van der Waals surface area contributed by atoms with Gasteiger partial charge in [0.05, 0.1) is 0 Å². The van der Waals surface area contributed by atoms with Crippen LogP contribution in [0.15, 0.2) is 18.2 Å². The van der Waals surface area contributed by atoms with Crippen molar-refractivity contribution >= 4 is 17.6 Å². The van der Waals surface area contributed by atoms with Crippen LogP contribution in [0.1, 0.15) is 24.0 Å². The molecule has 0 aromatic heterocycles. The van der Waals surface area contributed by atoms with E-state index in [0.29, 0.717) is 5.02 Å². The fourth-order valence-electron chi connectivity index (χ4n) is 2.14. The van der Waals surface area contributed by atoms with Gasteiger partial charge in [-0.2, -0.15) is 0 Å². The number of hydrogen-bond acceptors (Lipinski definition) is 2. The Bertz CT molecular complexity index is 441. The SMILES string of the molecule is Cc1ccc(Cl)c(C2(C(N)C(=O)O)CC2)c1. The third-order valence-electron chi connectivity index (χ3n) is 3.31. The fraction of sp³-hybridized carbons (Fsp3) is 0.417. The minimum atomic E-state index is -0.963. The Hall–Kier alpha value is -1.06. The van der Waals surface area contributed by atoms with Crippen LogP contribution in [0.5, 0.6) is 0 Å². The summed E-state index contributed by atoms with van der Waals surface area (Å²) in [4.78, 5) is 11.0. The number of carboxylic acids is 1. The number of carboxylic acid groups (broad SMARTS) is 1. The second-order valence-electron chi connectivity index (χ2n) is 4.46. The molecule has 16 heavy (non-hydrogen) atoms. The monoisotopic (exact) mass is 239 g/mol. The highest BCUT2D eigenvalue weighted by Crippen LogP contribution is 2.52. The molecule has 0 aliphatic heterocycles. The van der Waals surface area contributed by atoms with Crippen molar-refractivity contribution in [3.8, 4) is 0 Å². The van der Waals surface area contributed by atoms with E-state index in [1.165, 1.54) is 0 Å². The van der Waals surface area contributed by atoms with E-state index in [9.17, 15) is 4.79 Å². The third kappa shape index (κ3) is 1.70. The molecule has 86 valence electrons. The van der Waals surface area contributed by atoms with Crippen molar-refractivity contribution in [2.24, 2.45) is 5.73 Å². The van der Waals surface area contributed by atoms with Gasteiger partial charge in [-0.3, -0.25) is 4.79 Å². The smallest absolute Gasteiger partial charge is 0.321 e. The van der Waals surface area contributed by atoms with Gasteiger partial charge in [0, 0.05) is 10.4 Å². The highest BCUT2D eigenvalue weighted by atomic mass is 35.5. The standard InChI is InChI=1S/C12H14ClNO2/c1-7-2-3-9(13)8(6-7)12(4-5-12)10(14)11(15)16/h2-3,6,10H,4-5,14H2,1H3,(H,15,16). The average Bonchev–Trinajstić information content (AvgIpc) is 3.01. The molecule has 1 aromatic carbocycles. The zero-order valence-corrected chi connectivity index (χ0v) is 9.79. The predicted molar refractivity (Wildman–Crippen MR) is 62.7 cm³/mol. The molecule has 1 saturated carbocycles. The molecule has 4 heteroatoms. The van der Waals surface area contributed by atoms with Gasteiger partial charge in [0.2, 0.25) is 0 Å². The predicted octanol–water partition coefficient (Wildman–Crippen LogP) is 2.09. The maximum absolute atomic E-state index is 11.0. The number of aliphatic carboxylic acids is 1. The maximum Gasteiger partial charge on any atom is 0.321 e. The van der Waals surface area contributed by atoms with E-state index < -0.39 is 17.4 Å². The van der Waals surface area contributed by atoms with E-state index in [4.69, 9.17) is 22.4 Å². The zero-order valence-electron chi connectivity index (χ0n) is 9.03. The largest absolute Gasteiger partial charge is 0.480 e. The summed E-state index contributed by atoms with van der Waals surface area (Å²) in [5, 5.41) is 9.62. The summed E-state index contributed by atoms with van der Waals surface area (Å²) in [6, 6.07) is 4.79. The van der Waals surface area contributed by atoms with E-state index >= 15 is 0 Å². The average molecular weight is 240 g/mol. The van der Waals surface area contributed by atoms with E-state index in [0.717, 1.165) is 24.0 Å². The number of rotatable bonds is 3. The summed E-state index contributed by atoms with van der Waals surface area (Å²) in [5.41, 5.74) is 7.25. The molecule has 2 rings (SSSR count). The molecule has 3 N–H and O–H groups in total. The summed E-state index contributed by atoms with van der Waals surface area (Å²) < 4.78 is 0. The highest BCUT2D eigenvalue weighted by molar-refractivity contribution is 6.31. The number of nitrogens with two attached hydrogens (primary N) is 1. The molecule has 1 atom stereocenters. The van der Waals surface area contributed by atoms with Gasteiger partial charge >= 0.3 is 5.97 Å². The summed E-state index contributed by atoms with van der Waals surface area (Å²) >= 11 is 6.12. The van der Waals surface area contributed by atoms with Gasteiger partial charge in [0.1, 0.15) is 6.04 Å². The van der Waals surface area contributed by atoms with Crippen molar-refractivity contribution in [1.29, 1.82) is 0 Å². The van der Waals surface area contributed by atoms with Crippen LogP contribution in [-0.2, 0) is 10.2 Å². The van der Waals surface area contributed by atoms with E-state index in [-0.39, 0.29) is 0 Å². The van der Waals surface area contributed by atoms with Crippen LogP contribution in [0.4, 0.5) is 0 Å². The molecule has 0 saturated heterocycles. The number of halogens is 1. The molecule has 1 aliphatic rings. The third-order valence-corrected chi connectivity index (χ3v) is 3.64. The zero-order chi connectivity index (χ0) is 11.9. The van der Waals surface area contributed by atoms with Crippen molar-refractivity contribution in [3.63, 3.8) is 0 Å². The second kappa shape index (κ2) is 3.75. The number of carbonyl (C=O) groups is 1. The quantitative estimate of drug-likeness (QED) is 0.849. The lowest BCUT2D eigenvalue weighted by Crippen LogP contribution is -2.42. The van der Waals surface area contributed by atoms with Gasteiger partial charge in [0.25, 0.3) is 0 Å². The topological polar surface area (TPSA) is 63.3 Å². The number of aryl methyl sites for hydroxylation is 1. The van der Waals surface area contributed by atoms with E-state index in [2.05, 4.69) is 0 Å². The second-order valence-corrected chi connectivity index (χ2v) is 4.86. The Kier molecular flexibility index (Phi) is 2.68. The lowest BCUT2D eigenvalue weighted by atomic mass is 9.87. The van der Waals surface area contributed by atoms with E-state index in [1.54, 1.807) is 6.07 Å². The lowest BCUT2D eigenvalue weighted by Gasteiger charge is -2.21. The lowest BCUT2D eigenvalue weighted by molar-refractivity contribution is -0.139. The molecule has 3 nitrogen and oxygen atoms in total. The van der Waals surface area contributed by atoms with Gasteiger partial charge < -0.3 is 10.8 Å². The van der Waals surface area contributed by atoms with Gasteiger partial charge in [0.15, 0.2) is 0 Å². The fourth-order valence-corrected chi connectivity index (χ4v) is 2.45. The molecule has 0 heterocycles. The number of benzene rings is 1. The van der Waals surface area contributed by atoms with Gasteiger partial charge in [-0.25, -0.2) is 0 Å². The van der Waals surface area contributed by atoms with Crippen LogP contribution in [0.25, 0.3) is 0 Å². The van der Waals surface area contributed by atoms with Crippen LogP contribution in [0.3, 0.4) is 0 Å². The molecular weight excluding hydrogens is 226 g/mol.